The molecule has 0 saturated heterocycles. The van der Waals surface area contributed by atoms with Crippen molar-refractivity contribution in [3.63, 3.8) is 0 Å². The normalized spacial score (nSPS) is 11.2. The van der Waals surface area contributed by atoms with E-state index in [1.165, 1.54) is 7.11 Å². The van der Waals surface area contributed by atoms with Crippen LogP contribution in [0.15, 0.2) is 24.3 Å². The molecule has 0 fully saturated rings. The molecule has 0 spiro atoms. The summed E-state index contributed by atoms with van der Waals surface area (Å²) in [4.78, 5) is 21.2. The number of aryl methyl sites for hydroxylation is 2. The van der Waals surface area contributed by atoms with Crippen molar-refractivity contribution in [1.29, 1.82) is 0 Å². The number of esters is 1. The largest absolute Gasteiger partial charge is 0.465 e. The lowest BCUT2D eigenvalue weighted by molar-refractivity contribution is 0.0601. The second kappa shape index (κ2) is 8.37. The van der Waals surface area contributed by atoms with Gasteiger partial charge < -0.3 is 10.1 Å². The third-order valence-corrected chi connectivity index (χ3v) is 4.67. The molecule has 28 heavy (non-hydrogen) atoms. The van der Waals surface area contributed by atoms with Gasteiger partial charge in [0.15, 0.2) is 11.5 Å². The number of fused-ring (bicyclic) bond motifs is 1. The third-order valence-electron chi connectivity index (χ3n) is 4.67. The zero-order valence-electron chi connectivity index (χ0n) is 17.1. The van der Waals surface area contributed by atoms with E-state index < -0.39 is 0 Å². The lowest BCUT2D eigenvalue weighted by atomic mass is 10.1. The van der Waals surface area contributed by atoms with Crippen molar-refractivity contribution in [2.24, 2.45) is 13.0 Å². The predicted molar refractivity (Wildman–Crippen MR) is 110 cm³/mol. The molecule has 0 atom stereocenters. The van der Waals surface area contributed by atoms with Crippen LogP contribution in [-0.4, -0.2) is 39.4 Å². The number of benzene rings is 1. The number of anilines is 1. The second-order valence-corrected chi connectivity index (χ2v) is 7.20. The summed E-state index contributed by atoms with van der Waals surface area (Å²) in [5, 5.41) is 9.06. The molecular formula is C21H27N5O2. The van der Waals surface area contributed by atoms with E-state index in [4.69, 9.17) is 14.7 Å². The van der Waals surface area contributed by atoms with E-state index in [9.17, 15) is 4.79 Å². The molecule has 3 aromatic rings. The van der Waals surface area contributed by atoms with Gasteiger partial charge in [-0.2, -0.15) is 5.10 Å². The average Bonchev–Trinajstić information content (AvgIpc) is 3.03. The smallest absolute Gasteiger partial charge is 0.337 e. The molecule has 2 heterocycles. The Morgan fingerprint density at radius 2 is 1.93 bits per heavy atom. The van der Waals surface area contributed by atoms with Crippen molar-refractivity contribution in [1.82, 2.24) is 19.7 Å². The Balaban J connectivity index is 2.05. The summed E-state index contributed by atoms with van der Waals surface area (Å²) in [6.45, 7) is 7.32. The Labute approximate surface area is 165 Å². The summed E-state index contributed by atoms with van der Waals surface area (Å²) in [5.74, 6) is 1.65. The van der Waals surface area contributed by atoms with E-state index in [2.05, 4.69) is 31.2 Å². The van der Waals surface area contributed by atoms with E-state index >= 15 is 0 Å². The highest BCUT2D eigenvalue weighted by molar-refractivity contribution is 5.92. The Morgan fingerprint density at radius 1 is 1.21 bits per heavy atom. The molecule has 0 amide bonds. The highest BCUT2D eigenvalue weighted by Crippen LogP contribution is 2.28. The summed E-state index contributed by atoms with van der Waals surface area (Å²) in [5.41, 5.74) is 3.11. The third kappa shape index (κ3) is 3.98. The summed E-state index contributed by atoms with van der Waals surface area (Å²) in [6.07, 6.45) is 1.86. The number of nitrogens with zero attached hydrogens (tertiary/aromatic N) is 4. The number of ether oxygens (including phenoxy) is 1. The van der Waals surface area contributed by atoms with Gasteiger partial charge in [0.25, 0.3) is 0 Å². The zero-order chi connectivity index (χ0) is 20.3. The molecule has 0 aliphatic rings. The molecule has 0 saturated carbocycles. The highest BCUT2D eigenvalue weighted by Gasteiger charge is 2.17. The van der Waals surface area contributed by atoms with Crippen LogP contribution in [0.5, 0.6) is 0 Å². The minimum Gasteiger partial charge on any atom is -0.465 e. The molecule has 1 N–H and O–H groups in total. The van der Waals surface area contributed by atoms with Gasteiger partial charge >= 0.3 is 5.97 Å². The molecule has 7 heteroatoms. The van der Waals surface area contributed by atoms with Crippen LogP contribution in [-0.2, 0) is 18.2 Å². The van der Waals surface area contributed by atoms with Gasteiger partial charge in [0, 0.05) is 19.2 Å². The maximum atomic E-state index is 11.7. The topological polar surface area (TPSA) is 81.9 Å². The van der Waals surface area contributed by atoms with E-state index in [1.807, 2.05) is 19.2 Å². The standard InChI is InChI=1S/C21H27N5O2/c1-6-16-17-19(22-12-11-13(2)3)23-18(24-20(17)26(4)25-16)14-7-9-15(10-8-14)21(27)28-5/h7-10,13H,6,11-12H2,1-5H3,(H,22,23,24). The van der Waals surface area contributed by atoms with E-state index in [0.29, 0.717) is 17.3 Å². The van der Waals surface area contributed by atoms with Gasteiger partial charge in [-0.1, -0.05) is 32.9 Å². The second-order valence-electron chi connectivity index (χ2n) is 7.20. The van der Waals surface area contributed by atoms with Gasteiger partial charge in [-0.15, -0.1) is 0 Å². The lowest BCUT2D eigenvalue weighted by Gasteiger charge is -2.11. The minimum atomic E-state index is -0.363. The van der Waals surface area contributed by atoms with Crippen molar-refractivity contribution in [2.45, 2.75) is 33.6 Å². The average molecular weight is 381 g/mol. The van der Waals surface area contributed by atoms with Crippen LogP contribution in [0.3, 0.4) is 0 Å². The fourth-order valence-corrected chi connectivity index (χ4v) is 3.08. The van der Waals surface area contributed by atoms with Crippen LogP contribution in [0.4, 0.5) is 5.82 Å². The van der Waals surface area contributed by atoms with Crippen LogP contribution in [0.1, 0.15) is 43.2 Å². The Bertz CT molecular complexity index is 977. The number of rotatable bonds is 7. The van der Waals surface area contributed by atoms with Gasteiger partial charge in [0.05, 0.1) is 23.8 Å². The molecule has 0 aliphatic carbocycles. The van der Waals surface area contributed by atoms with Crippen molar-refractivity contribution in [3.05, 3.63) is 35.5 Å². The zero-order valence-corrected chi connectivity index (χ0v) is 17.1. The monoisotopic (exact) mass is 381 g/mol. The summed E-state index contributed by atoms with van der Waals surface area (Å²) in [7, 11) is 3.27. The summed E-state index contributed by atoms with van der Waals surface area (Å²) in [6, 6.07) is 7.12. The molecule has 0 aliphatic heterocycles. The van der Waals surface area contributed by atoms with Crippen molar-refractivity contribution < 1.29 is 9.53 Å². The molecule has 3 rings (SSSR count). The van der Waals surface area contributed by atoms with Gasteiger partial charge in [0.2, 0.25) is 0 Å². The fraction of sp³-hybridized carbons (Fsp3) is 0.429. The number of methoxy groups -OCH3 is 1. The van der Waals surface area contributed by atoms with Crippen LogP contribution >= 0.6 is 0 Å². The Kier molecular flexibility index (Phi) is 5.92. The first-order valence-electron chi connectivity index (χ1n) is 9.60. The molecule has 0 radical (unpaired) electrons. The first-order chi connectivity index (χ1) is 13.4. The van der Waals surface area contributed by atoms with Gasteiger partial charge in [0.1, 0.15) is 5.82 Å². The summed E-state index contributed by atoms with van der Waals surface area (Å²) < 4.78 is 6.56. The van der Waals surface area contributed by atoms with Gasteiger partial charge in [-0.25, -0.2) is 19.4 Å². The summed E-state index contributed by atoms with van der Waals surface area (Å²) >= 11 is 0. The number of hydrogen-bond acceptors (Lipinski definition) is 6. The molecule has 2 aromatic heterocycles. The Hall–Kier alpha value is -2.96. The lowest BCUT2D eigenvalue weighted by Crippen LogP contribution is -2.08. The van der Waals surface area contributed by atoms with Crippen molar-refractivity contribution in [2.75, 3.05) is 19.0 Å². The number of carbonyl (C=O) groups excluding carboxylic acids is 1. The number of hydrogen-bond donors (Lipinski definition) is 1. The molecule has 0 unspecified atom stereocenters. The van der Waals surface area contributed by atoms with Crippen LogP contribution < -0.4 is 5.32 Å². The van der Waals surface area contributed by atoms with Crippen LogP contribution in [0.2, 0.25) is 0 Å². The Morgan fingerprint density at radius 3 is 2.54 bits per heavy atom. The van der Waals surface area contributed by atoms with E-state index in [1.54, 1.807) is 16.8 Å². The van der Waals surface area contributed by atoms with Crippen molar-refractivity contribution in [3.8, 4) is 11.4 Å². The quantitative estimate of drug-likeness (QED) is 0.626. The number of aromatic nitrogens is 4. The number of nitrogens with one attached hydrogen (secondary N) is 1. The van der Waals surface area contributed by atoms with Crippen molar-refractivity contribution >= 4 is 22.8 Å². The van der Waals surface area contributed by atoms with Gasteiger partial charge in [-0.3, -0.25) is 0 Å². The predicted octanol–water partition coefficient (Wildman–Crippen LogP) is 3.84. The maximum Gasteiger partial charge on any atom is 0.337 e. The van der Waals surface area contributed by atoms with Crippen LogP contribution in [0, 0.1) is 5.92 Å². The molecule has 0 bridgehead atoms. The van der Waals surface area contributed by atoms with E-state index in [-0.39, 0.29) is 5.97 Å². The molecule has 1 aromatic carbocycles. The number of carbonyl (C=O) groups is 1. The van der Waals surface area contributed by atoms with E-state index in [0.717, 1.165) is 47.5 Å². The highest BCUT2D eigenvalue weighted by atomic mass is 16.5. The maximum absolute atomic E-state index is 11.7. The van der Waals surface area contributed by atoms with Crippen LogP contribution in [0.25, 0.3) is 22.4 Å². The molecule has 148 valence electrons. The SMILES string of the molecule is CCc1nn(C)c2nc(-c3ccc(C(=O)OC)cc3)nc(NCCC(C)C)c12. The van der Waals surface area contributed by atoms with Gasteiger partial charge in [-0.05, 0) is 30.9 Å². The first-order valence-corrected chi connectivity index (χ1v) is 9.60. The first kappa shape index (κ1) is 19.8. The molecular weight excluding hydrogens is 354 g/mol. The minimum absolute atomic E-state index is 0.363. The molecule has 7 nitrogen and oxygen atoms in total. The fourth-order valence-electron chi connectivity index (χ4n) is 3.08.